The van der Waals surface area contributed by atoms with Gasteiger partial charge >= 0.3 is 0 Å². The van der Waals surface area contributed by atoms with E-state index in [-0.39, 0.29) is 5.56 Å². The summed E-state index contributed by atoms with van der Waals surface area (Å²) < 4.78 is 3.54. The van der Waals surface area contributed by atoms with Crippen LogP contribution in [0.5, 0.6) is 0 Å². The number of benzene rings is 3. The Morgan fingerprint density at radius 2 is 1.53 bits per heavy atom. The molecule has 0 unspecified atom stereocenters. The first-order valence-corrected chi connectivity index (χ1v) is 9.81. The molecular weight excluding hydrogens is 372 g/mol. The quantitative estimate of drug-likeness (QED) is 0.416. The average molecular weight is 392 g/mol. The van der Waals surface area contributed by atoms with Crippen LogP contribution in [0.25, 0.3) is 33.1 Å². The topological polar surface area (TPSA) is 52.2 Å². The van der Waals surface area contributed by atoms with Crippen LogP contribution in [0.1, 0.15) is 11.4 Å². The van der Waals surface area contributed by atoms with E-state index < -0.39 is 0 Å². The third-order valence-corrected chi connectivity index (χ3v) is 5.41. The van der Waals surface area contributed by atoms with Crippen LogP contribution in [0.15, 0.2) is 88.8 Å². The summed E-state index contributed by atoms with van der Waals surface area (Å²) in [5.74, 6) is 0.552. The first kappa shape index (κ1) is 18.1. The van der Waals surface area contributed by atoms with Crippen molar-refractivity contribution in [1.29, 1.82) is 0 Å². The van der Waals surface area contributed by atoms with Gasteiger partial charge in [0.25, 0.3) is 5.56 Å². The minimum absolute atomic E-state index is 0.171. The van der Waals surface area contributed by atoms with Gasteiger partial charge in [0, 0.05) is 23.5 Å². The van der Waals surface area contributed by atoms with Gasteiger partial charge < -0.3 is 4.57 Å². The van der Waals surface area contributed by atoms with Crippen molar-refractivity contribution < 1.29 is 0 Å². The summed E-state index contributed by atoms with van der Waals surface area (Å²) in [4.78, 5) is 17.5. The van der Waals surface area contributed by atoms with E-state index in [1.54, 1.807) is 19.2 Å². The highest BCUT2D eigenvalue weighted by Crippen LogP contribution is 2.31. The summed E-state index contributed by atoms with van der Waals surface area (Å²) in [5, 5.41) is 6.22. The number of aromatic nitrogens is 3. The van der Waals surface area contributed by atoms with Crippen molar-refractivity contribution in [2.45, 2.75) is 6.92 Å². The van der Waals surface area contributed by atoms with Crippen molar-refractivity contribution in [2.24, 2.45) is 12.1 Å². The third kappa shape index (κ3) is 2.83. The van der Waals surface area contributed by atoms with Gasteiger partial charge in [-0.2, -0.15) is 9.78 Å². The number of hydrogen-bond donors (Lipinski definition) is 0. The highest BCUT2D eigenvalue weighted by molar-refractivity contribution is 6.06. The monoisotopic (exact) mass is 392 g/mol. The van der Waals surface area contributed by atoms with E-state index >= 15 is 0 Å². The van der Waals surface area contributed by atoms with Gasteiger partial charge in [-0.3, -0.25) is 4.79 Å². The Labute approximate surface area is 173 Å². The van der Waals surface area contributed by atoms with Crippen molar-refractivity contribution >= 4 is 28.0 Å². The molecule has 2 aromatic heterocycles. The molecule has 0 aliphatic carbocycles. The molecule has 0 aliphatic heterocycles. The van der Waals surface area contributed by atoms with Crippen molar-refractivity contribution in [3.8, 4) is 11.3 Å². The molecule has 0 radical (unpaired) electrons. The fourth-order valence-corrected chi connectivity index (χ4v) is 3.98. The molecule has 146 valence electrons. The minimum atomic E-state index is -0.171. The smallest absolute Gasteiger partial charge is 0.282 e. The van der Waals surface area contributed by atoms with E-state index in [0.717, 1.165) is 27.7 Å². The fraction of sp³-hybridized carbons (Fsp3) is 0.0800. The van der Waals surface area contributed by atoms with E-state index in [2.05, 4.69) is 46.0 Å². The summed E-state index contributed by atoms with van der Waals surface area (Å²) in [6.07, 6.45) is 1.77. The van der Waals surface area contributed by atoms with Crippen LogP contribution in [-0.4, -0.2) is 20.4 Å². The number of para-hydroxylation sites is 2. The molecule has 30 heavy (non-hydrogen) atoms. The number of fused-ring (bicyclic) bond motifs is 2. The van der Waals surface area contributed by atoms with Crippen LogP contribution in [0.3, 0.4) is 0 Å². The van der Waals surface area contributed by atoms with Crippen LogP contribution in [0.4, 0.5) is 0 Å². The second kappa shape index (κ2) is 7.12. The molecule has 0 saturated carbocycles. The predicted molar refractivity (Wildman–Crippen MR) is 122 cm³/mol. The lowest BCUT2D eigenvalue weighted by Crippen LogP contribution is -2.20. The van der Waals surface area contributed by atoms with E-state index in [1.807, 2.05) is 48.5 Å². The second-order valence-electron chi connectivity index (χ2n) is 7.24. The molecule has 5 nitrogen and oxygen atoms in total. The molecule has 5 rings (SSSR count). The number of rotatable bonds is 3. The Kier molecular flexibility index (Phi) is 4.29. The molecule has 2 heterocycles. The first-order chi connectivity index (χ1) is 14.6. The Morgan fingerprint density at radius 1 is 0.867 bits per heavy atom. The van der Waals surface area contributed by atoms with Crippen LogP contribution in [-0.2, 0) is 7.05 Å². The van der Waals surface area contributed by atoms with Gasteiger partial charge in [0.1, 0.15) is 5.82 Å². The molecule has 0 N–H and O–H groups in total. The van der Waals surface area contributed by atoms with Crippen LogP contribution in [0.2, 0.25) is 0 Å². The molecule has 0 spiro atoms. The fourth-order valence-electron chi connectivity index (χ4n) is 3.98. The largest absolute Gasteiger partial charge is 0.343 e. The molecule has 0 atom stereocenters. The molecular formula is C25H20N4O. The Balaban J connectivity index is 1.75. The Bertz CT molecular complexity index is 1480. The molecule has 0 fully saturated rings. The van der Waals surface area contributed by atoms with Gasteiger partial charge in [-0.15, -0.1) is 0 Å². The highest BCUT2D eigenvalue weighted by Gasteiger charge is 2.15. The first-order valence-electron chi connectivity index (χ1n) is 9.81. The molecule has 3 aromatic carbocycles. The lowest BCUT2D eigenvalue weighted by atomic mass is 10.1. The average Bonchev–Trinajstić information content (AvgIpc) is 3.06. The maximum absolute atomic E-state index is 13.0. The van der Waals surface area contributed by atoms with E-state index in [0.29, 0.717) is 16.7 Å². The molecule has 0 bridgehead atoms. The van der Waals surface area contributed by atoms with Crippen molar-refractivity contribution in [2.75, 3.05) is 0 Å². The van der Waals surface area contributed by atoms with Crippen molar-refractivity contribution in [3.05, 3.63) is 101 Å². The number of nitrogens with zero attached hydrogens (tertiary/aromatic N) is 4. The molecule has 5 heteroatoms. The number of aryl methyl sites for hydroxylation is 2. The molecule has 0 saturated heterocycles. The Morgan fingerprint density at radius 3 is 2.33 bits per heavy atom. The zero-order chi connectivity index (χ0) is 20.7. The van der Waals surface area contributed by atoms with Gasteiger partial charge in [-0.05, 0) is 30.7 Å². The van der Waals surface area contributed by atoms with Gasteiger partial charge in [0.2, 0.25) is 0 Å². The maximum Gasteiger partial charge on any atom is 0.282 e. The molecule has 0 amide bonds. The normalized spacial score (nSPS) is 11.7. The zero-order valence-corrected chi connectivity index (χ0v) is 16.8. The zero-order valence-electron chi connectivity index (χ0n) is 16.8. The third-order valence-electron chi connectivity index (χ3n) is 5.41. The van der Waals surface area contributed by atoms with Gasteiger partial charge in [-0.1, -0.05) is 60.7 Å². The SMILES string of the molecule is Cc1nc2ccccc2c(=O)n1/N=C/c1c(-c2ccccc2)n(C)c2ccccc12. The van der Waals surface area contributed by atoms with Crippen LogP contribution >= 0.6 is 0 Å². The second-order valence-corrected chi connectivity index (χ2v) is 7.24. The van der Waals surface area contributed by atoms with Crippen LogP contribution < -0.4 is 5.56 Å². The van der Waals surface area contributed by atoms with E-state index in [1.165, 1.54) is 4.68 Å². The lowest BCUT2D eigenvalue weighted by molar-refractivity contribution is 0.771. The maximum atomic E-state index is 13.0. The van der Waals surface area contributed by atoms with Gasteiger partial charge in [0.05, 0.1) is 22.8 Å². The summed E-state index contributed by atoms with van der Waals surface area (Å²) in [6.45, 7) is 1.80. The summed E-state index contributed by atoms with van der Waals surface area (Å²) in [7, 11) is 2.05. The van der Waals surface area contributed by atoms with Crippen LogP contribution in [0, 0.1) is 6.92 Å². The summed E-state index contributed by atoms with van der Waals surface area (Å²) in [6, 6.07) is 25.8. The standard InChI is InChI=1S/C25H20N4O/c1-17-27-22-14-8-6-13-20(22)25(30)29(17)26-16-21-19-12-7-9-15-23(19)28(2)24(21)18-10-4-3-5-11-18/h3-16H,1-2H3/b26-16+. The lowest BCUT2D eigenvalue weighted by Gasteiger charge is -2.07. The van der Waals surface area contributed by atoms with E-state index in [9.17, 15) is 4.79 Å². The number of hydrogen-bond acceptors (Lipinski definition) is 3. The van der Waals surface area contributed by atoms with Crippen molar-refractivity contribution in [1.82, 2.24) is 14.2 Å². The molecule has 0 aliphatic rings. The highest BCUT2D eigenvalue weighted by atomic mass is 16.1. The molecule has 5 aromatic rings. The Hall–Kier alpha value is -3.99. The summed E-state index contributed by atoms with van der Waals surface area (Å²) >= 11 is 0. The predicted octanol–water partition coefficient (Wildman–Crippen LogP) is 4.75. The van der Waals surface area contributed by atoms with Gasteiger partial charge in [0.15, 0.2) is 0 Å². The summed E-state index contributed by atoms with van der Waals surface area (Å²) in [5.41, 5.74) is 4.74. The van der Waals surface area contributed by atoms with Crippen molar-refractivity contribution in [3.63, 3.8) is 0 Å². The van der Waals surface area contributed by atoms with Gasteiger partial charge in [-0.25, -0.2) is 4.98 Å². The van der Waals surface area contributed by atoms with E-state index in [4.69, 9.17) is 0 Å². The minimum Gasteiger partial charge on any atom is -0.343 e.